The summed E-state index contributed by atoms with van der Waals surface area (Å²) in [6.07, 6.45) is 5.78. The van der Waals surface area contributed by atoms with Crippen molar-refractivity contribution >= 4 is 91.5 Å². The van der Waals surface area contributed by atoms with E-state index in [0.717, 1.165) is 51.7 Å². The van der Waals surface area contributed by atoms with Gasteiger partial charge in [0.25, 0.3) is 11.5 Å². The Labute approximate surface area is 224 Å². The lowest BCUT2D eigenvalue weighted by molar-refractivity contribution is -0.140. The number of carbonyl (C=O) groups is 2. The molecule has 2 aromatic rings. The zero-order valence-corrected chi connectivity index (χ0v) is 23.0. The van der Waals surface area contributed by atoms with Crippen LogP contribution in [0, 0.1) is 0 Å². The molecule has 4 rings (SSSR count). The second-order valence-corrected chi connectivity index (χ2v) is 11.9. The molecular weight excluding hydrogens is 546 g/mol. The first kappa shape index (κ1) is 26.0. The van der Waals surface area contributed by atoms with Crippen LogP contribution in [0.4, 0.5) is 5.69 Å². The van der Waals surface area contributed by atoms with Crippen LogP contribution in [-0.2, 0) is 16.1 Å². The highest BCUT2D eigenvalue weighted by atomic mass is 35.5. The summed E-state index contributed by atoms with van der Waals surface area (Å²) in [5.74, 6) is -1.63. The Balaban J connectivity index is 1.77. The number of nitrogens with zero attached hydrogens (tertiary/aromatic N) is 3. The number of halogens is 1. The van der Waals surface area contributed by atoms with E-state index in [2.05, 4.69) is 11.8 Å². The smallest absolute Gasteiger partial charge is 0.323 e. The number of hydrogen-bond acceptors (Lipinski definition) is 8. The van der Waals surface area contributed by atoms with Gasteiger partial charge in [0.05, 0.1) is 15.2 Å². The maximum atomic E-state index is 13.1. The van der Waals surface area contributed by atoms with Crippen LogP contribution >= 0.6 is 58.7 Å². The van der Waals surface area contributed by atoms with E-state index >= 15 is 0 Å². The van der Waals surface area contributed by atoms with Crippen LogP contribution in [0.2, 0.25) is 5.02 Å². The van der Waals surface area contributed by atoms with E-state index in [4.69, 9.17) is 28.9 Å². The zero-order valence-electron chi connectivity index (χ0n) is 18.9. The number of aromatic nitrogens is 1. The topological polar surface area (TPSA) is 82.8 Å². The maximum Gasteiger partial charge on any atom is 0.323 e. The van der Waals surface area contributed by atoms with Crippen molar-refractivity contribution in [1.29, 1.82) is 0 Å². The number of thiocarbonyl (C=S) groups is 1. The highest BCUT2D eigenvalue weighted by Gasteiger charge is 2.35. The van der Waals surface area contributed by atoms with Crippen molar-refractivity contribution in [3.05, 3.63) is 53.9 Å². The van der Waals surface area contributed by atoms with Gasteiger partial charge in [-0.05, 0) is 43.7 Å². The number of aliphatic carboxylic acids is 1. The zero-order chi connectivity index (χ0) is 25.3. The molecule has 0 spiro atoms. The number of benzene rings is 1. The van der Waals surface area contributed by atoms with Gasteiger partial charge in [0.15, 0.2) is 0 Å². The van der Waals surface area contributed by atoms with Crippen LogP contribution in [0.1, 0.15) is 26.7 Å². The fourth-order valence-electron chi connectivity index (χ4n) is 3.68. The number of fused-ring (bicyclic) bond motifs is 1. The second kappa shape index (κ2) is 10.9. The van der Waals surface area contributed by atoms with Crippen LogP contribution in [0.3, 0.4) is 0 Å². The molecule has 1 aromatic carbocycles. The van der Waals surface area contributed by atoms with E-state index in [9.17, 15) is 14.4 Å². The minimum Gasteiger partial charge on any atom is -0.480 e. The Bertz CT molecular complexity index is 1430. The molecule has 3 heterocycles. The Kier molecular flexibility index (Phi) is 8.12. The predicted molar refractivity (Wildman–Crippen MR) is 149 cm³/mol. The highest BCUT2D eigenvalue weighted by Crippen LogP contribution is 2.47. The van der Waals surface area contributed by atoms with Crippen molar-refractivity contribution in [2.45, 2.75) is 38.1 Å². The predicted octanol–water partition coefficient (Wildman–Crippen LogP) is 3.67. The molecule has 1 fully saturated rings. The van der Waals surface area contributed by atoms with Crippen LogP contribution in [0.25, 0.3) is 11.0 Å². The van der Waals surface area contributed by atoms with E-state index < -0.39 is 18.4 Å². The minimum absolute atomic E-state index is 0.175. The average Bonchev–Trinajstić information content (AvgIpc) is 3.42. The lowest BCUT2D eigenvalue weighted by Gasteiger charge is -2.20. The van der Waals surface area contributed by atoms with Crippen LogP contribution in [0.5, 0.6) is 0 Å². The first-order valence-corrected chi connectivity index (χ1v) is 14.1. The number of carbonyl (C=O) groups excluding carboxylic acids is 1. The monoisotopic (exact) mass is 567 g/mol. The lowest BCUT2D eigenvalue weighted by Crippen LogP contribution is -2.35. The van der Waals surface area contributed by atoms with Gasteiger partial charge in [0, 0.05) is 23.0 Å². The fraction of sp³-hybridized carbons (Fsp3) is 0.304. The van der Waals surface area contributed by atoms with Crippen molar-refractivity contribution in [2.24, 2.45) is 0 Å². The number of carboxylic acid groups (broad SMARTS) is 1. The normalized spacial score (nSPS) is 18.8. The van der Waals surface area contributed by atoms with E-state index in [-0.39, 0.29) is 14.8 Å². The van der Waals surface area contributed by atoms with Gasteiger partial charge < -0.3 is 10.0 Å². The van der Waals surface area contributed by atoms with Gasteiger partial charge in [-0.15, -0.1) is 11.3 Å². The molecule has 184 valence electrons. The largest absolute Gasteiger partial charge is 0.480 e. The summed E-state index contributed by atoms with van der Waals surface area (Å²) < 4.78 is 2.69. The van der Waals surface area contributed by atoms with Crippen molar-refractivity contribution in [2.75, 3.05) is 18.0 Å². The number of thioether (sulfide) groups is 2. The summed E-state index contributed by atoms with van der Waals surface area (Å²) in [4.78, 5) is 41.8. The minimum atomic E-state index is -1.15. The Morgan fingerprint density at radius 1 is 1.17 bits per heavy atom. The molecular formula is C23H22ClN3O4S4. The summed E-state index contributed by atoms with van der Waals surface area (Å²) in [6, 6.07) is 5.83. The third-order valence-corrected chi connectivity index (χ3v) is 9.45. The molecule has 1 aromatic heterocycles. The van der Waals surface area contributed by atoms with E-state index in [1.165, 1.54) is 15.9 Å². The molecule has 0 radical (unpaired) electrons. The third-order valence-electron chi connectivity index (χ3n) is 5.37. The molecule has 0 saturated carbocycles. The summed E-state index contributed by atoms with van der Waals surface area (Å²) in [5, 5.41) is 10.8. The van der Waals surface area contributed by atoms with Gasteiger partial charge in [-0.3, -0.25) is 23.9 Å². The fourth-order valence-corrected chi connectivity index (χ4v) is 7.44. The number of hydrogen-bond donors (Lipinski definition) is 1. The van der Waals surface area contributed by atoms with Gasteiger partial charge in [0.2, 0.25) is 0 Å². The first-order valence-electron chi connectivity index (χ1n) is 10.9. The van der Waals surface area contributed by atoms with E-state index in [1.807, 2.05) is 31.2 Å². The number of thiazole rings is 1. The number of anilines is 1. The van der Waals surface area contributed by atoms with Gasteiger partial charge >= 0.3 is 5.97 Å². The third kappa shape index (κ3) is 5.24. The van der Waals surface area contributed by atoms with Gasteiger partial charge in [0.1, 0.15) is 20.4 Å². The summed E-state index contributed by atoms with van der Waals surface area (Å²) in [6.45, 7) is 4.68. The molecule has 2 aliphatic heterocycles. The average molecular weight is 568 g/mol. The first-order chi connectivity index (χ1) is 16.7. The Hall–Kier alpha value is -2.05. The second-order valence-electron chi connectivity index (χ2n) is 7.69. The molecule has 1 amide bonds. The molecule has 7 nitrogen and oxygen atoms in total. The van der Waals surface area contributed by atoms with Crippen LogP contribution < -0.4 is 19.7 Å². The molecule has 12 heteroatoms. The molecule has 0 atom stereocenters. The van der Waals surface area contributed by atoms with Crippen LogP contribution in [-0.4, -0.2) is 43.9 Å². The summed E-state index contributed by atoms with van der Waals surface area (Å²) in [7, 11) is 0. The van der Waals surface area contributed by atoms with Crippen molar-refractivity contribution in [1.82, 2.24) is 9.47 Å². The molecule has 1 N–H and O–H groups in total. The lowest BCUT2D eigenvalue weighted by atomic mass is 10.2. The van der Waals surface area contributed by atoms with Gasteiger partial charge in [-0.1, -0.05) is 60.7 Å². The van der Waals surface area contributed by atoms with Crippen molar-refractivity contribution in [3.63, 3.8) is 0 Å². The summed E-state index contributed by atoms with van der Waals surface area (Å²) in [5.41, 5.74) is 0.862. The SMILES string of the molecule is CCCCN1/C(=C/C=c2/s/c(=C3\SC(=S)N(CC(=O)O)C3=O)n(CC)c2=O)Sc2ccc(Cl)cc21. The number of amides is 1. The number of allylic oxidation sites excluding steroid dienone is 1. The van der Waals surface area contributed by atoms with E-state index in [0.29, 0.717) is 20.8 Å². The maximum absolute atomic E-state index is 13.1. The molecule has 0 aliphatic carbocycles. The standard InChI is InChI=1S/C23H22ClN3O4S4/c1-3-5-10-26-14-11-13(24)6-7-15(14)33-17(26)9-8-16-20(30)25(4-2)22(34-16)19-21(31)27(12-18(28)29)23(32)35-19/h6-9,11H,3-5,10,12H2,1-2H3,(H,28,29)/b16-8+,17-9-,22-19-. The van der Waals surface area contributed by atoms with E-state index in [1.54, 1.807) is 17.8 Å². The number of carboxylic acids is 1. The van der Waals surface area contributed by atoms with Crippen LogP contribution in [0.15, 0.2) is 39.0 Å². The Morgan fingerprint density at radius 2 is 1.94 bits per heavy atom. The molecule has 0 unspecified atom stereocenters. The summed E-state index contributed by atoms with van der Waals surface area (Å²) >= 11 is 15.3. The number of rotatable bonds is 7. The quantitative estimate of drug-likeness (QED) is 0.508. The van der Waals surface area contributed by atoms with Crippen molar-refractivity contribution < 1.29 is 14.7 Å². The van der Waals surface area contributed by atoms with Gasteiger partial charge in [-0.25, -0.2) is 0 Å². The molecule has 1 saturated heterocycles. The molecule has 2 aliphatic rings. The highest BCUT2D eigenvalue weighted by molar-refractivity contribution is 8.30. The van der Waals surface area contributed by atoms with Gasteiger partial charge in [-0.2, -0.15) is 0 Å². The molecule has 35 heavy (non-hydrogen) atoms. The molecule has 0 bridgehead atoms. The Morgan fingerprint density at radius 3 is 2.63 bits per heavy atom. The van der Waals surface area contributed by atoms with Crippen molar-refractivity contribution in [3.8, 4) is 0 Å². The number of unbranched alkanes of at least 4 members (excludes halogenated alkanes) is 1.